The van der Waals surface area contributed by atoms with Crippen LogP contribution in [0.3, 0.4) is 0 Å². The van der Waals surface area contributed by atoms with Crippen LogP contribution in [0.15, 0.2) is 12.1 Å². The van der Waals surface area contributed by atoms with Crippen molar-refractivity contribution in [3.05, 3.63) is 23.3 Å². The fourth-order valence-electron chi connectivity index (χ4n) is 2.84. The van der Waals surface area contributed by atoms with E-state index in [4.69, 9.17) is 14.0 Å². The van der Waals surface area contributed by atoms with Gasteiger partial charge in [-0.05, 0) is 38.7 Å². The standard InChI is InChI=1S/C16H22BNO4/c1-15(2)16(3,4)22-17(21-15)12-6-10-8-13(19)18-14(10)11(7-12)9-20-5/h6-7H,8-9H2,1-5H3,(H,18,19). The van der Waals surface area contributed by atoms with Crippen LogP contribution in [0.25, 0.3) is 0 Å². The molecule has 0 radical (unpaired) electrons. The third-order valence-corrected chi connectivity index (χ3v) is 4.76. The van der Waals surface area contributed by atoms with Crippen molar-refractivity contribution in [2.45, 2.75) is 51.9 Å². The van der Waals surface area contributed by atoms with E-state index >= 15 is 0 Å². The fraction of sp³-hybridized carbons (Fsp3) is 0.562. The number of hydrogen-bond acceptors (Lipinski definition) is 4. The molecule has 0 saturated carbocycles. The largest absolute Gasteiger partial charge is 0.494 e. The SMILES string of the molecule is COCc1cc(B2OC(C)(C)C(C)(C)O2)cc2c1NC(=O)C2. The van der Waals surface area contributed by atoms with Gasteiger partial charge < -0.3 is 19.4 Å². The number of methoxy groups -OCH3 is 1. The Morgan fingerprint density at radius 1 is 1.23 bits per heavy atom. The van der Waals surface area contributed by atoms with E-state index in [0.29, 0.717) is 13.0 Å². The van der Waals surface area contributed by atoms with Crippen molar-refractivity contribution in [1.82, 2.24) is 0 Å². The summed E-state index contributed by atoms with van der Waals surface area (Å²) in [6, 6.07) is 3.99. The highest BCUT2D eigenvalue weighted by Gasteiger charge is 2.52. The number of ether oxygens (including phenoxy) is 1. The topological polar surface area (TPSA) is 56.8 Å². The van der Waals surface area contributed by atoms with Crippen molar-refractivity contribution in [3.63, 3.8) is 0 Å². The van der Waals surface area contributed by atoms with Crippen LogP contribution in [0.5, 0.6) is 0 Å². The first kappa shape index (κ1) is 15.5. The number of nitrogens with one attached hydrogen (secondary N) is 1. The van der Waals surface area contributed by atoms with Gasteiger partial charge in [0.15, 0.2) is 0 Å². The van der Waals surface area contributed by atoms with E-state index in [0.717, 1.165) is 22.3 Å². The van der Waals surface area contributed by atoms with Gasteiger partial charge in [0.25, 0.3) is 0 Å². The molecule has 0 aliphatic carbocycles. The van der Waals surface area contributed by atoms with E-state index < -0.39 is 7.12 Å². The van der Waals surface area contributed by atoms with Crippen LogP contribution in [0.2, 0.25) is 0 Å². The van der Waals surface area contributed by atoms with Gasteiger partial charge in [-0.2, -0.15) is 0 Å². The zero-order valence-corrected chi connectivity index (χ0v) is 13.8. The molecule has 2 aliphatic rings. The summed E-state index contributed by atoms with van der Waals surface area (Å²) in [6.07, 6.45) is 0.388. The van der Waals surface area contributed by atoms with E-state index in [9.17, 15) is 4.79 Å². The number of benzene rings is 1. The van der Waals surface area contributed by atoms with Gasteiger partial charge in [-0.3, -0.25) is 4.79 Å². The number of carbonyl (C=O) groups excluding carboxylic acids is 1. The van der Waals surface area contributed by atoms with Gasteiger partial charge in [0.2, 0.25) is 5.91 Å². The Morgan fingerprint density at radius 2 is 1.86 bits per heavy atom. The first-order chi connectivity index (χ1) is 10.2. The van der Waals surface area contributed by atoms with Crippen LogP contribution in [0.1, 0.15) is 38.8 Å². The van der Waals surface area contributed by atoms with Crippen LogP contribution in [0, 0.1) is 0 Å². The smallest absolute Gasteiger partial charge is 0.399 e. The molecule has 2 heterocycles. The molecule has 0 unspecified atom stereocenters. The molecule has 3 rings (SSSR count). The van der Waals surface area contributed by atoms with Crippen LogP contribution >= 0.6 is 0 Å². The maximum absolute atomic E-state index is 11.7. The van der Waals surface area contributed by atoms with Crippen LogP contribution < -0.4 is 10.8 Å². The zero-order chi connectivity index (χ0) is 16.1. The highest BCUT2D eigenvalue weighted by Crippen LogP contribution is 2.37. The number of amides is 1. The Morgan fingerprint density at radius 3 is 2.45 bits per heavy atom. The van der Waals surface area contributed by atoms with E-state index in [1.165, 1.54) is 0 Å². The molecule has 1 aromatic rings. The van der Waals surface area contributed by atoms with Gasteiger partial charge in [0.05, 0.1) is 24.2 Å². The fourth-order valence-corrected chi connectivity index (χ4v) is 2.84. The Labute approximate surface area is 131 Å². The van der Waals surface area contributed by atoms with Crippen molar-refractivity contribution >= 4 is 24.2 Å². The van der Waals surface area contributed by atoms with Gasteiger partial charge in [0, 0.05) is 18.4 Å². The average Bonchev–Trinajstić information content (AvgIpc) is 2.87. The molecule has 2 aliphatic heterocycles. The quantitative estimate of drug-likeness (QED) is 0.862. The van der Waals surface area contributed by atoms with Gasteiger partial charge in [0.1, 0.15) is 0 Å². The molecule has 1 amide bonds. The first-order valence-electron chi connectivity index (χ1n) is 7.53. The summed E-state index contributed by atoms with van der Waals surface area (Å²) in [7, 11) is 1.21. The van der Waals surface area contributed by atoms with E-state index in [-0.39, 0.29) is 17.1 Å². The molecule has 0 atom stereocenters. The average molecular weight is 303 g/mol. The van der Waals surface area contributed by atoms with Crippen molar-refractivity contribution in [1.29, 1.82) is 0 Å². The lowest BCUT2D eigenvalue weighted by molar-refractivity contribution is -0.115. The summed E-state index contributed by atoms with van der Waals surface area (Å²) in [6.45, 7) is 8.56. The number of hydrogen-bond donors (Lipinski definition) is 1. The second-order valence-corrected chi connectivity index (χ2v) is 6.96. The van der Waals surface area contributed by atoms with Crippen LogP contribution in [-0.2, 0) is 31.9 Å². The number of fused-ring (bicyclic) bond motifs is 1. The highest BCUT2D eigenvalue weighted by atomic mass is 16.7. The lowest BCUT2D eigenvalue weighted by atomic mass is 9.77. The minimum absolute atomic E-state index is 0.0124. The van der Waals surface area contributed by atoms with Gasteiger partial charge in [-0.15, -0.1) is 0 Å². The zero-order valence-electron chi connectivity index (χ0n) is 13.8. The Balaban J connectivity index is 1.98. The van der Waals surface area contributed by atoms with E-state index in [1.54, 1.807) is 7.11 Å². The molecule has 22 heavy (non-hydrogen) atoms. The number of carbonyl (C=O) groups is 1. The van der Waals surface area contributed by atoms with E-state index in [1.807, 2.05) is 39.8 Å². The summed E-state index contributed by atoms with van der Waals surface area (Å²) in [5, 5.41) is 2.90. The Hall–Kier alpha value is -1.37. The summed E-state index contributed by atoms with van der Waals surface area (Å²) in [4.78, 5) is 11.7. The second-order valence-electron chi connectivity index (χ2n) is 6.96. The lowest BCUT2D eigenvalue weighted by Gasteiger charge is -2.32. The minimum atomic E-state index is -0.429. The first-order valence-corrected chi connectivity index (χ1v) is 7.53. The van der Waals surface area contributed by atoms with Crippen molar-refractivity contribution < 1.29 is 18.8 Å². The van der Waals surface area contributed by atoms with Crippen molar-refractivity contribution in [2.24, 2.45) is 0 Å². The summed E-state index contributed by atoms with van der Waals surface area (Å²) in [5.41, 5.74) is 2.96. The maximum atomic E-state index is 11.7. The van der Waals surface area contributed by atoms with Gasteiger partial charge in [-0.25, -0.2) is 0 Å². The molecule has 5 nitrogen and oxygen atoms in total. The monoisotopic (exact) mass is 303 g/mol. The normalized spacial score (nSPS) is 21.9. The van der Waals surface area contributed by atoms with Gasteiger partial charge in [-0.1, -0.05) is 12.1 Å². The molecule has 0 aromatic heterocycles. The van der Waals surface area contributed by atoms with Crippen molar-refractivity contribution in [3.8, 4) is 0 Å². The number of rotatable bonds is 3. The van der Waals surface area contributed by atoms with Crippen LogP contribution in [-0.4, -0.2) is 31.3 Å². The molecule has 1 aromatic carbocycles. The Bertz CT molecular complexity index is 611. The molecule has 1 fully saturated rings. The lowest BCUT2D eigenvalue weighted by Crippen LogP contribution is -2.41. The maximum Gasteiger partial charge on any atom is 0.494 e. The second kappa shape index (κ2) is 5.08. The highest BCUT2D eigenvalue weighted by molar-refractivity contribution is 6.62. The third kappa shape index (κ3) is 2.45. The van der Waals surface area contributed by atoms with Gasteiger partial charge >= 0.3 is 7.12 Å². The molecule has 6 heteroatoms. The molecule has 118 valence electrons. The molecule has 0 spiro atoms. The number of anilines is 1. The Kier molecular flexibility index (Phi) is 3.59. The predicted octanol–water partition coefficient (Wildman–Crippen LogP) is 1.63. The molecular weight excluding hydrogens is 281 g/mol. The van der Waals surface area contributed by atoms with Crippen LogP contribution in [0.4, 0.5) is 5.69 Å². The molecular formula is C16H22BNO4. The van der Waals surface area contributed by atoms with E-state index in [2.05, 4.69) is 5.32 Å². The summed E-state index contributed by atoms with van der Waals surface area (Å²) in [5.74, 6) is 0.0124. The minimum Gasteiger partial charge on any atom is -0.399 e. The molecule has 1 saturated heterocycles. The third-order valence-electron chi connectivity index (χ3n) is 4.76. The molecule has 1 N–H and O–H groups in total. The predicted molar refractivity (Wildman–Crippen MR) is 85.2 cm³/mol. The summed E-state index contributed by atoms with van der Waals surface area (Å²) >= 11 is 0. The molecule has 0 bridgehead atoms. The summed E-state index contributed by atoms with van der Waals surface area (Å²) < 4.78 is 17.5. The van der Waals surface area contributed by atoms with Crippen molar-refractivity contribution in [2.75, 3.05) is 12.4 Å².